The van der Waals surface area contributed by atoms with Crippen LogP contribution < -0.4 is 11.5 Å². The van der Waals surface area contributed by atoms with Gasteiger partial charge in [0.05, 0.1) is 17.3 Å². The summed E-state index contributed by atoms with van der Waals surface area (Å²) in [7, 11) is 0. The van der Waals surface area contributed by atoms with Crippen molar-refractivity contribution in [1.29, 1.82) is 0 Å². The summed E-state index contributed by atoms with van der Waals surface area (Å²) in [4.78, 5) is 0. The van der Waals surface area contributed by atoms with Gasteiger partial charge in [-0.1, -0.05) is 23.4 Å². The Labute approximate surface area is 76.5 Å². The maximum atomic E-state index is 5.72. The van der Waals surface area contributed by atoms with Gasteiger partial charge in [0.15, 0.2) is 0 Å². The second kappa shape index (κ2) is 4.01. The SMILES string of the molecule is NCC#Cc1ccc(Cl)c(N)c1. The van der Waals surface area contributed by atoms with E-state index in [0.717, 1.165) is 5.56 Å². The molecule has 0 spiro atoms. The molecule has 1 rings (SSSR count). The van der Waals surface area contributed by atoms with E-state index in [1.165, 1.54) is 0 Å². The van der Waals surface area contributed by atoms with E-state index in [9.17, 15) is 0 Å². The molecule has 0 amide bonds. The summed E-state index contributed by atoms with van der Waals surface area (Å²) in [5.41, 5.74) is 12.2. The summed E-state index contributed by atoms with van der Waals surface area (Å²) in [6.45, 7) is 0.350. The summed E-state index contributed by atoms with van der Waals surface area (Å²) in [5.74, 6) is 5.59. The van der Waals surface area contributed by atoms with Crippen LogP contribution in [0.5, 0.6) is 0 Å². The van der Waals surface area contributed by atoms with Crippen LogP contribution in [0.25, 0.3) is 0 Å². The van der Waals surface area contributed by atoms with Crippen molar-refractivity contribution in [2.24, 2.45) is 5.73 Å². The lowest BCUT2D eigenvalue weighted by Gasteiger charge is -1.96. The van der Waals surface area contributed by atoms with Gasteiger partial charge >= 0.3 is 0 Å². The molecule has 0 aliphatic rings. The Morgan fingerprint density at radius 1 is 1.42 bits per heavy atom. The molecule has 12 heavy (non-hydrogen) atoms. The zero-order chi connectivity index (χ0) is 8.97. The number of halogens is 1. The minimum absolute atomic E-state index is 0.350. The molecule has 0 unspecified atom stereocenters. The fraction of sp³-hybridized carbons (Fsp3) is 0.111. The molecule has 0 heterocycles. The number of rotatable bonds is 0. The average molecular weight is 181 g/mol. The Kier molecular flexibility index (Phi) is 2.98. The number of benzene rings is 1. The number of anilines is 1. The van der Waals surface area contributed by atoms with E-state index < -0.39 is 0 Å². The third kappa shape index (κ3) is 2.16. The molecule has 0 radical (unpaired) electrons. The standard InChI is InChI=1S/C9H9ClN2/c10-8-4-3-7(2-1-5-11)6-9(8)12/h3-4,6H,5,11-12H2. The monoisotopic (exact) mass is 180 g/mol. The van der Waals surface area contributed by atoms with Gasteiger partial charge in [-0.2, -0.15) is 0 Å². The second-order valence-electron chi connectivity index (χ2n) is 2.24. The Morgan fingerprint density at radius 3 is 2.75 bits per heavy atom. The minimum atomic E-state index is 0.350. The van der Waals surface area contributed by atoms with E-state index >= 15 is 0 Å². The van der Waals surface area contributed by atoms with Crippen LogP contribution in [0.2, 0.25) is 5.02 Å². The fourth-order valence-corrected chi connectivity index (χ4v) is 0.892. The predicted molar refractivity (Wildman–Crippen MR) is 51.8 cm³/mol. The first kappa shape index (κ1) is 8.92. The molecular formula is C9H9ClN2. The normalized spacial score (nSPS) is 8.83. The van der Waals surface area contributed by atoms with E-state index in [0.29, 0.717) is 17.3 Å². The number of nitrogens with two attached hydrogens (primary N) is 2. The zero-order valence-corrected chi connectivity index (χ0v) is 7.23. The van der Waals surface area contributed by atoms with Crippen LogP contribution in [0, 0.1) is 11.8 Å². The molecule has 0 aliphatic carbocycles. The lowest BCUT2D eigenvalue weighted by molar-refractivity contribution is 1.30. The van der Waals surface area contributed by atoms with Crippen molar-refractivity contribution in [2.75, 3.05) is 12.3 Å². The maximum Gasteiger partial charge on any atom is 0.0636 e. The van der Waals surface area contributed by atoms with Gasteiger partial charge in [0, 0.05) is 5.56 Å². The number of hydrogen-bond acceptors (Lipinski definition) is 2. The molecule has 62 valence electrons. The molecule has 4 N–H and O–H groups in total. The fourth-order valence-electron chi connectivity index (χ4n) is 0.775. The van der Waals surface area contributed by atoms with Crippen LogP contribution in [0.1, 0.15) is 5.56 Å². The van der Waals surface area contributed by atoms with Gasteiger partial charge in [-0.25, -0.2) is 0 Å². The summed E-state index contributed by atoms with van der Waals surface area (Å²) in [6.07, 6.45) is 0. The van der Waals surface area contributed by atoms with Crippen LogP contribution in [0.15, 0.2) is 18.2 Å². The topological polar surface area (TPSA) is 52.0 Å². The highest BCUT2D eigenvalue weighted by atomic mass is 35.5. The summed E-state index contributed by atoms with van der Waals surface area (Å²) < 4.78 is 0. The Hall–Kier alpha value is -1.17. The van der Waals surface area contributed by atoms with Crippen molar-refractivity contribution in [2.45, 2.75) is 0 Å². The van der Waals surface area contributed by atoms with Gasteiger partial charge in [-0.3, -0.25) is 0 Å². The molecule has 3 heteroatoms. The van der Waals surface area contributed by atoms with Gasteiger partial charge in [0.2, 0.25) is 0 Å². The third-order valence-corrected chi connectivity index (χ3v) is 1.67. The largest absolute Gasteiger partial charge is 0.397 e. The van der Waals surface area contributed by atoms with Crippen LogP contribution >= 0.6 is 11.6 Å². The van der Waals surface area contributed by atoms with E-state index in [2.05, 4.69) is 11.8 Å². The summed E-state index contributed by atoms with van der Waals surface area (Å²) >= 11 is 5.72. The molecule has 0 aliphatic heterocycles. The summed E-state index contributed by atoms with van der Waals surface area (Å²) in [5, 5.41) is 0.549. The molecule has 0 saturated carbocycles. The highest BCUT2D eigenvalue weighted by molar-refractivity contribution is 6.33. The van der Waals surface area contributed by atoms with Gasteiger partial charge in [-0.15, -0.1) is 0 Å². The van der Waals surface area contributed by atoms with Crippen molar-refractivity contribution >= 4 is 17.3 Å². The zero-order valence-electron chi connectivity index (χ0n) is 6.47. The molecule has 0 fully saturated rings. The van der Waals surface area contributed by atoms with E-state index in [1.54, 1.807) is 18.2 Å². The van der Waals surface area contributed by atoms with Crippen LogP contribution in [0.4, 0.5) is 5.69 Å². The Bertz CT molecular complexity index is 336. The lowest BCUT2D eigenvalue weighted by atomic mass is 10.2. The third-order valence-electron chi connectivity index (χ3n) is 1.33. The number of hydrogen-bond donors (Lipinski definition) is 2. The molecule has 0 saturated heterocycles. The van der Waals surface area contributed by atoms with E-state index in [4.69, 9.17) is 23.1 Å². The van der Waals surface area contributed by atoms with Gasteiger partial charge in [-0.05, 0) is 18.2 Å². The second-order valence-corrected chi connectivity index (χ2v) is 2.65. The highest BCUT2D eigenvalue weighted by Crippen LogP contribution is 2.18. The van der Waals surface area contributed by atoms with Gasteiger partial charge in [0.1, 0.15) is 0 Å². The molecule has 2 nitrogen and oxygen atoms in total. The quantitative estimate of drug-likeness (QED) is 0.466. The average Bonchev–Trinajstić information content (AvgIpc) is 2.07. The molecular weight excluding hydrogens is 172 g/mol. The van der Waals surface area contributed by atoms with Gasteiger partial charge < -0.3 is 11.5 Å². The van der Waals surface area contributed by atoms with Crippen LogP contribution in [-0.4, -0.2) is 6.54 Å². The van der Waals surface area contributed by atoms with Crippen LogP contribution in [-0.2, 0) is 0 Å². The van der Waals surface area contributed by atoms with Crippen molar-refractivity contribution in [3.8, 4) is 11.8 Å². The first-order valence-corrected chi connectivity index (χ1v) is 3.86. The molecule has 1 aromatic rings. The van der Waals surface area contributed by atoms with Crippen molar-refractivity contribution in [3.63, 3.8) is 0 Å². The highest BCUT2D eigenvalue weighted by Gasteiger charge is 1.94. The molecule has 1 aromatic carbocycles. The van der Waals surface area contributed by atoms with Crippen LogP contribution in [0.3, 0.4) is 0 Å². The van der Waals surface area contributed by atoms with Gasteiger partial charge in [0.25, 0.3) is 0 Å². The predicted octanol–water partition coefficient (Wildman–Crippen LogP) is 1.23. The molecule has 0 bridgehead atoms. The molecule has 0 aromatic heterocycles. The summed E-state index contributed by atoms with van der Waals surface area (Å²) in [6, 6.07) is 5.25. The smallest absolute Gasteiger partial charge is 0.0636 e. The van der Waals surface area contributed by atoms with Crippen molar-refractivity contribution in [1.82, 2.24) is 0 Å². The minimum Gasteiger partial charge on any atom is -0.397 e. The Morgan fingerprint density at radius 2 is 2.17 bits per heavy atom. The maximum absolute atomic E-state index is 5.72. The van der Waals surface area contributed by atoms with Crippen molar-refractivity contribution in [3.05, 3.63) is 28.8 Å². The Balaban J connectivity index is 2.97. The first-order chi connectivity index (χ1) is 5.74. The first-order valence-electron chi connectivity index (χ1n) is 3.48. The molecule has 0 atom stereocenters. The van der Waals surface area contributed by atoms with E-state index in [-0.39, 0.29) is 0 Å². The van der Waals surface area contributed by atoms with E-state index in [1.807, 2.05) is 0 Å². The lowest BCUT2D eigenvalue weighted by Crippen LogP contribution is -1.93. The number of nitrogen functional groups attached to an aromatic ring is 1. The van der Waals surface area contributed by atoms with Crippen molar-refractivity contribution < 1.29 is 0 Å².